The fraction of sp³-hybridized carbons (Fsp3) is 0.385. The maximum atomic E-state index is 13.2. The first-order valence-corrected chi connectivity index (χ1v) is 11.0. The van der Waals surface area contributed by atoms with Crippen LogP contribution < -0.4 is 4.74 Å². The lowest BCUT2D eigenvalue weighted by molar-refractivity contribution is 0.159. The summed E-state index contributed by atoms with van der Waals surface area (Å²) in [6.45, 7) is 15.0. The number of ether oxygens (including phenoxy) is 1. The van der Waals surface area contributed by atoms with Crippen molar-refractivity contribution in [3.63, 3.8) is 0 Å². The zero-order valence-corrected chi connectivity index (χ0v) is 18.9. The topological polar surface area (TPSA) is 9.23 Å². The van der Waals surface area contributed by atoms with Gasteiger partial charge in [0.25, 0.3) is 0 Å². The van der Waals surface area contributed by atoms with Gasteiger partial charge in [-0.3, -0.25) is 0 Å². The molecule has 2 aromatic carbocycles. The van der Waals surface area contributed by atoms with Gasteiger partial charge in [0.05, 0.1) is 0 Å². The number of benzene rings is 2. The third-order valence-corrected chi connectivity index (χ3v) is 5.99. The van der Waals surface area contributed by atoms with Gasteiger partial charge in [-0.25, -0.2) is 0 Å². The summed E-state index contributed by atoms with van der Waals surface area (Å²) < 4.78 is 19.2. The normalized spacial score (nSPS) is 16.1. The first-order valence-electron chi connectivity index (χ1n) is 10.1. The first kappa shape index (κ1) is 21.7. The van der Waals surface area contributed by atoms with Gasteiger partial charge in [-0.15, -0.1) is 0 Å². The third-order valence-electron chi connectivity index (χ3n) is 5.46. The number of hydrogen-bond acceptors (Lipinski definition) is 2. The van der Waals surface area contributed by atoms with Crippen molar-refractivity contribution in [3.8, 4) is 5.75 Å². The molecule has 0 spiro atoms. The first-order chi connectivity index (χ1) is 13.6. The van der Waals surface area contributed by atoms with Gasteiger partial charge in [0.15, 0.2) is 0 Å². The molecular weight excluding hydrogens is 379 g/mol. The molecule has 1 aliphatic heterocycles. The molecule has 0 aliphatic carbocycles. The molecule has 29 heavy (non-hydrogen) atoms. The van der Waals surface area contributed by atoms with Crippen LogP contribution in [0, 0.1) is 0 Å². The molecule has 0 aromatic heterocycles. The molecule has 0 radical (unpaired) electrons. The van der Waals surface area contributed by atoms with E-state index >= 15 is 0 Å². The molecule has 0 bridgehead atoms. The van der Waals surface area contributed by atoms with Crippen molar-refractivity contribution in [2.75, 3.05) is 5.75 Å². The van der Waals surface area contributed by atoms with Crippen molar-refractivity contribution in [2.24, 2.45) is 0 Å². The Morgan fingerprint density at radius 3 is 2.45 bits per heavy atom. The van der Waals surface area contributed by atoms with Gasteiger partial charge in [0.2, 0.25) is 0 Å². The van der Waals surface area contributed by atoms with Gasteiger partial charge >= 0.3 is 0 Å². The van der Waals surface area contributed by atoms with E-state index in [1.54, 1.807) is 0 Å². The molecule has 0 saturated carbocycles. The molecular formula is C26H31FOS. The molecule has 0 N–H and O–H groups in total. The van der Waals surface area contributed by atoms with Gasteiger partial charge in [-0.1, -0.05) is 63.8 Å². The highest BCUT2D eigenvalue weighted by Crippen LogP contribution is 2.36. The highest BCUT2D eigenvalue weighted by atomic mass is 32.2. The monoisotopic (exact) mass is 410 g/mol. The smallest absolute Gasteiger partial charge is 0.127 e. The van der Waals surface area contributed by atoms with Crippen LogP contribution >= 0.6 is 12.1 Å². The minimum absolute atomic E-state index is 0.0910. The van der Waals surface area contributed by atoms with Crippen LogP contribution in [0.1, 0.15) is 69.2 Å². The van der Waals surface area contributed by atoms with Crippen LogP contribution in [0.3, 0.4) is 0 Å². The van der Waals surface area contributed by atoms with E-state index in [1.165, 1.54) is 5.56 Å². The Balaban J connectivity index is 1.78. The molecule has 1 heterocycles. The van der Waals surface area contributed by atoms with E-state index in [9.17, 15) is 3.89 Å². The second-order valence-corrected chi connectivity index (χ2v) is 10.00. The van der Waals surface area contributed by atoms with E-state index in [4.69, 9.17) is 4.74 Å². The van der Waals surface area contributed by atoms with Crippen molar-refractivity contribution >= 4 is 23.8 Å². The van der Waals surface area contributed by atoms with Gasteiger partial charge in [0.1, 0.15) is 11.4 Å². The summed E-state index contributed by atoms with van der Waals surface area (Å²) >= 11 is 0.402. The van der Waals surface area contributed by atoms with Crippen LogP contribution in [0.4, 0.5) is 3.89 Å². The third kappa shape index (κ3) is 5.33. The molecule has 1 aliphatic rings. The number of hydrogen-bond donors (Lipinski definition) is 0. The highest BCUT2D eigenvalue weighted by molar-refractivity contribution is 7.94. The average molecular weight is 411 g/mol. The molecule has 3 rings (SSSR count). The van der Waals surface area contributed by atoms with E-state index in [2.05, 4.69) is 75.9 Å². The van der Waals surface area contributed by atoms with Gasteiger partial charge < -0.3 is 4.74 Å². The summed E-state index contributed by atoms with van der Waals surface area (Å²) in [5.74, 6) is 1.41. The summed E-state index contributed by atoms with van der Waals surface area (Å²) in [4.78, 5) is 0. The number of rotatable bonds is 6. The number of fused-ring (bicyclic) bond motifs is 1. The van der Waals surface area contributed by atoms with Crippen LogP contribution in [-0.2, 0) is 5.41 Å². The fourth-order valence-electron chi connectivity index (χ4n) is 3.62. The second-order valence-electron chi connectivity index (χ2n) is 9.44. The van der Waals surface area contributed by atoms with E-state index in [-0.39, 0.29) is 16.9 Å². The quantitative estimate of drug-likeness (QED) is 0.477. The van der Waals surface area contributed by atoms with E-state index in [0.717, 1.165) is 34.4 Å². The number of allylic oxidation sites excluding steroid dienone is 1. The predicted octanol–water partition coefficient (Wildman–Crippen LogP) is 7.97. The standard InChI is InChI=1S/C26H31FOS/c1-18(20-9-12-24-21(16-20)13-14-26(5,6)28-24)15-22(17-29-27)19-7-10-23(11-8-19)25(2,3)4/h7-14,16,22H,1,15,17H2,2-6H3. The van der Waals surface area contributed by atoms with Crippen LogP contribution in [0.5, 0.6) is 5.75 Å². The Morgan fingerprint density at radius 2 is 1.83 bits per heavy atom. The molecule has 1 atom stereocenters. The van der Waals surface area contributed by atoms with Crippen LogP contribution in [0.15, 0.2) is 55.1 Å². The summed E-state index contributed by atoms with van der Waals surface area (Å²) in [7, 11) is 0. The average Bonchev–Trinajstić information content (AvgIpc) is 2.66. The summed E-state index contributed by atoms with van der Waals surface area (Å²) in [5, 5.41) is 0. The van der Waals surface area contributed by atoms with Crippen molar-refractivity contribution in [1.29, 1.82) is 0 Å². The summed E-state index contributed by atoms with van der Waals surface area (Å²) in [5.41, 5.74) is 5.44. The van der Waals surface area contributed by atoms with E-state index in [0.29, 0.717) is 17.9 Å². The predicted molar refractivity (Wildman–Crippen MR) is 125 cm³/mol. The van der Waals surface area contributed by atoms with Gasteiger partial charge in [-0.05, 0) is 72.1 Å². The lowest BCUT2D eigenvalue weighted by atomic mass is 9.84. The molecule has 1 nitrogen and oxygen atoms in total. The maximum absolute atomic E-state index is 13.2. The van der Waals surface area contributed by atoms with Gasteiger partial charge in [-0.2, -0.15) is 3.89 Å². The highest BCUT2D eigenvalue weighted by Gasteiger charge is 2.22. The fourth-order valence-corrected chi connectivity index (χ4v) is 4.08. The Kier molecular flexibility index (Phi) is 6.28. The second kappa shape index (κ2) is 8.39. The maximum Gasteiger partial charge on any atom is 0.127 e. The molecule has 3 heteroatoms. The van der Waals surface area contributed by atoms with Crippen molar-refractivity contribution in [1.82, 2.24) is 0 Å². The Hall–Kier alpha value is -2.00. The van der Waals surface area contributed by atoms with Crippen molar-refractivity contribution < 1.29 is 8.62 Å². The Labute approximate surface area is 179 Å². The van der Waals surface area contributed by atoms with Crippen molar-refractivity contribution in [2.45, 2.75) is 58.0 Å². The SMILES string of the molecule is C=C(CC(CSF)c1ccc(C(C)(C)C)cc1)c1ccc2c(c1)C=CC(C)(C)O2. The zero-order chi connectivity index (χ0) is 21.2. The Morgan fingerprint density at radius 1 is 1.14 bits per heavy atom. The minimum Gasteiger partial charge on any atom is -0.483 e. The molecule has 2 aromatic rings. The van der Waals surface area contributed by atoms with Crippen LogP contribution in [0.25, 0.3) is 11.6 Å². The van der Waals surface area contributed by atoms with Gasteiger partial charge in [0, 0.05) is 23.5 Å². The lowest BCUT2D eigenvalue weighted by Gasteiger charge is -2.28. The van der Waals surface area contributed by atoms with Crippen LogP contribution in [-0.4, -0.2) is 11.4 Å². The summed E-state index contributed by atoms with van der Waals surface area (Å²) in [6, 6.07) is 14.8. The van der Waals surface area contributed by atoms with Crippen LogP contribution in [0.2, 0.25) is 0 Å². The Bertz CT molecular complexity index is 903. The molecule has 154 valence electrons. The minimum atomic E-state index is -0.284. The lowest BCUT2D eigenvalue weighted by Crippen LogP contribution is -2.27. The van der Waals surface area contributed by atoms with E-state index < -0.39 is 0 Å². The van der Waals surface area contributed by atoms with Crippen molar-refractivity contribution in [3.05, 3.63) is 77.4 Å². The molecule has 0 saturated heterocycles. The number of halogens is 1. The molecule has 0 fully saturated rings. The summed E-state index contributed by atoms with van der Waals surface area (Å²) in [6.07, 6.45) is 4.90. The zero-order valence-electron chi connectivity index (χ0n) is 18.1. The van der Waals surface area contributed by atoms with E-state index in [1.807, 2.05) is 19.9 Å². The molecule has 0 amide bonds. The largest absolute Gasteiger partial charge is 0.483 e. The molecule has 1 unspecified atom stereocenters.